The van der Waals surface area contributed by atoms with Crippen molar-refractivity contribution in [2.24, 2.45) is 0 Å². The molecule has 0 aliphatic carbocycles. The number of rotatable bonds is 6. The minimum absolute atomic E-state index is 0.0237. The van der Waals surface area contributed by atoms with Crippen molar-refractivity contribution in [1.82, 2.24) is 39.7 Å². The molecule has 59 heavy (non-hydrogen) atoms. The van der Waals surface area contributed by atoms with Crippen LogP contribution in [0.2, 0.25) is 0 Å². The minimum atomic E-state index is -4.69. The van der Waals surface area contributed by atoms with Crippen molar-refractivity contribution in [2.75, 3.05) is 0 Å². The lowest BCUT2D eigenvalue weighted by Gasteiger charge is -2.15. The Kier molecular flexibility index (Phi) is 12.4. The lowest BCUT2D eigenvalue weighted by molar-refractivity contribution is -0.145. The molecule has 2 aromatic carbocycles. The molecule has 0 bridgehead atoms. The van der Waals surface area contributed by atoms with E-state index in [9.17, 15) is 41.1 Å². The van der Waals surface area contributed by atoms with Gasteiger partial charge in [-0.25, -0.2) is 33.7 Å². The number of hydrogen-bond donors (Lipinski definition) is 2. The first-order valence-corrected chi connectivity index (χ1v) is 17.7. The minimum Gasteiger partial charge on any atom is -0.423 e. The van der Waals surface area contributed by atoms with Crippen LogP contribution in [-0.4, -0.2) is 80.5 Å². The third-order valence-electron chi connectivity index (χ3n) is 8.55. The van der Waals surface area contributed by atoms with Crippen molar-refractivity contribution in [3.8, 4) is 11.3 Å². The highest BCUT2D eigenvalue weighted by Crippen LogP contribution is 2.29. The van der Waals surface area contributed by atoms with Crippen molar-refractivity contribution < 1.29 is 51.2 Å². The monoisotopic (exact) mass is 874 g/mol. The van der Waals surface area contributed by atoms with E-state index in [-0.39, 0.29) is 46.6 Å². The van der Waals surface area contributed by atoms with Crippen LogP contribution in [-0.2, 0) is 19.3 Å². The zero-order valence-electron chi connectivity index (χ0n) is 30.1. The van der Waals surface area contributed by atoms with Gasteiger partial charge in [-0.2, -0.15) is 13.2 Å². The fourth-order valence-electron chi connectivity index (χ4n) is 5.58. The van der Waals surface area contributed by atoms with Gasteiger partial charge in [-0.05, 0) is 59.3 Å². The Bertz CT molecular complexity index is 2520. The first-order valence-electron chi connectivity index (χ1n) is 16.9. The summed E-state index contributed by atoms with van der Waals surface area (Å²) in [6.45, 7) is 1.27. The first kappa shape index (κ1) is 41.9. The number of alkyl halides is 3. The summed E-state index contributed by atoms with van der Waals surface area (Å²) in [5, 5.41) is 17.2. The predicted molar refractivity (Wildman–Crippen MR) is 200 cm³/mol. The van der Waals surface area contributed by atoms with E-state index in [1.807, 2.05) is 0 Å². The molecule has 0 saturated heterocycles. The highest BCUT2D eigenvalue weighted by molar-refractivity contribution is 9.10. The number of fused-ring (bicyclic) bond motifs is 2. The molecule has 0 unspecified atom stereocenters. The van der Waals surface area contributed by atoms with Gasteiger partial charge in [0.1, 0.15) is 22.1 Å². The largest absolute Gasteiger partial charge is 0.491 e. The van der Waals surface area contributed by atoms with Crippen molar-refractivity contribution >= 4 is 52.1 Å². The third kappa shape index (κ3) is 9.38. The molecule has 0 radical (unpaired) electrons. The average molecular weight is 875 g/mol. The lowest BCUT2D eigenvalue weighted by Crippen LogP contribution is -2.30. The maximum absolute atomic E-state index is 14.3. The van der Waals surface area contributed by atoms with Crippen LogP contribution in [0.1, 0.15) is 64.2 Å². The molecule has 0 saturated carbocycles. The van der Waals surface area contributed by atoms with Crippen molar-refractivity contribution in [2.45, 2.75) is 26.2 Å². The quantitative estimate of drug-likeness (QED) is 0.101. The third-order valence-corrected chi connectivity index (χ3v) is 8.98. The zero-order valence-corrected chi connectivity index (χ0v) is 31.7. The van der Waals surface area contributed by atoms with E-state index in [2.05, 4.69) is 45.8 Å². The van der Waals surface area contributed by atoms with Gasteiger partial charge in [-0.1, -0.05) is 24.3 Å². The summed E-state index contributed by atoms with van der Waals surface area (Å²) in [7, 11) is -1.47. The van der Waals surface area contributed by atoms with Crippen LogP contribution in [0.5, 0.6) is 0 Å². The number of carbonyl (C=O) groups is 4. The Morgan fingerprint density at radius 1 is 0.627 bits per heavy atom. The van der Waals surface area contributed by atoms with Crippen LogP contribution in [0.15, 0.2) is 102 Å². The molecule has 0 fully saturated rings. The second-order valence-electron chi connectivity index (χ2n) is 12.5. The van der Waals surface area contributed by atoms with Gasteiger partial charge in [-0.3, -0.25) is 34.0 Å². The second kappa shape index (κ2) is 17.4. The van der Waals surface area contributed by atoms with Gasteiger partial charge < -0.3 is 10.0 Å². The van der Waals surface area contributed by atoms with Gasteiger partial charge in [-0.15, -0.1) is 0 Å². The Labute approximate surface area is 338 Å². The number of aromatic nitrogens is 6. The fraction of sp³-hybridized carbons (Fsp3) is 0.105. The number of aryl methyl sites for hydroxylation is 1. The molecule has 2 aliphatic rings. The van der Waals surface area contributed by atoms with Crippen molar-refractivity contribution in [3.63, 3.8) is 0 Å². The molecule has 6 heterocycles. The van der Waals surface area contributed by atoms with Gasteiger partial charge >= 0.3 is 13.3 Å². The summed E-state index contributed by atoms with van der Waals surface area (Å²) < 4.78 is 66.2. The number of amides is 4. The predicted octanol–water partition coefficient (Wildman–Crippen LogP) is 4.74. The summed E-state index contributed by atoms with van der Waals surface area (Å²) >= 11 is 3.14. The number of nitrogens with zero attached hydrogens (tertiary/aromatic N) is 8. The van der Waals surface area contributed by atoms with Crippen LogP contribution in [0.4, 0.5) is 22.0 Å². The topological polar surface area (TPSA) is 193 Å². The van der Waals surface area contributed by atoms with E-state index < -0.39 is 54.4 Å². The molecule has 0 atom stereocenters. The lowest BCUT2D eigenvalue weighted by atomic mass is 9.83. The van der Waals surface area contributed by atoms with Crippen LogP contribution < -0.4 is 5.46 Å². The normalized spacial score (nSPS) is 13.0. The summed E-state index contributed by atoms with van der Waals surface area (Å²) in [5.41, 5.74) is 1.91. The number of imide groups is 2. The Hall–Kier alpha value is -6.71. The SMILES string of the molecule is Cc1ncc(B(O)O)cn1.O=C1c2ccccc2C(=O)N1Cc1cc(-c2cnc(C(F)(F)F)nc2)ncc1F.O=C1c2ccccc2C(=O)N1Cc1cc(Br)ncc1F. The van der Waals surface area contributed by atoms with Crippen LogP contribution in [0, 0.1) is 18.6 Å². The average Bonchev–Trinajstić information content (AvgIpc) is 3.60. The molecule has 4 aromatic heterocycles. The molecule has 298 valence electrons. The number of halogens is 6. The Morgan fingerprint density at radius 2 is 1.05 bits per heavy atom. The van der Waals surface area contributed by atoms with Gasteiger partial charge in [0.15, 0.2) is 0 Å². The van der Waals surface area contributed by atoms with Crippen LogP contribution in [0.25, 0.3) is 11.3 Å². The first-order chi connectivity index (χ1) is 28.0. The molecule has 2 N–H and O–H groups in total. The maximum atomic E-state index is 14.3. The molecule has 8 rings (SSSR count). The summed E-state index contributed by atoms with van der Waals surface area (Å²) in [6, 6.07) is 15.5. The summed E-state index contributed by atoms with van der Waals surface area (Å²) in [6.07, 6.45) is 1.83. The van der Waals surface area contributed by atoms with E-state index >= 15 is 0 Å². The molecule has 2 aliphatic heterocycles. The smallest absolute Gasteiger partial charge is 0.423 e. The van der Waals surface area contributed by atoms with Crippen molar-refractivity contribution in [1.29, 1.82) is 0 Å². The maximum Gasteiger partial charge on any atom is 0.491 e. The molecular formula is C38H25BBrF5N8O6. The zero-order chi connectivity index (χ0) is 42.6. The van der Waals surface area contributed by atoms with Crippen LogP contribution in [0.3, 0.4) is 0 Å². The highest BCUT2D eigenvalue weighted by atomic mass is 79.9. The Balaban J connectivity index is 0.000000168. The molecule has 21 heteroatoms. The molecule has 0 spiro atoms. The Morgan fingerprint density at radius 3 is 1.47 bits per heavy atom. The van der Waals surface area contributed by atoms with E-state index in [0.29, 0.717) is 27.0 Å². The molecule has 14 nitrogen and oxygen atoms in total. The van der Waals surface area contributed by atoms with E-state index in [1.54, 1.807) is 43.3 Å². The second-order valence-corrected chi connectivity index (χ2v) is 13.3. The number of carbonyl (C=O) groups excluding carboxylic acids is 4. The van der Waals surface area contributed by atoms with E-state index in [4.69, 9.17) is 10.0 Å². The molecule has 6 aromatic rings. The summed E-state index contributed by atoms with van der Waals surface area (Å²) in [5.74, 6) is -3.93. The van der Waals surface area contributed by atoms with Crippen molar-refractivity contribution in [3.05, 3.63) is 159 Å². The number of benzene rings is 2. The number of hydrogen-bond acceptors (Lipinski definition) is 12. The highest BCUT2D eigenvalue weighted by Gasteiger charge is 2.37. The standard InChI is InChI=1S/C19H10F4N4O2.C14H8BrFN2O2.C5H7BN2O2/c20-14-8-24-15(11-6-25-18(26-7-11)19(21,22)23)5-10(14)9-27-16(28)12-3-1-2-4-13(12)17(27)29;15-12-5-8(11(16)6-17-12)7-18-13(19)9-3-1-2-4-10(9)14(18)20;1-4-7-2-5(3-8-4)6(9)10/h1-8H,9H2;1-6H,7H2;2-3,9-10H,1H3. The van der Waals surface area contributed by atoms with Gasteiger partial charge in [0, 0.05) is 46.9 Å². The molecular weight excluding hydrogens is 850 g/mol. The van der Waals surface area contributed by atoms with Gasteiger partial charge in [0.2, 0.25) is 5.82 Å². The van der Waals surface area contributed by atoms with Gasteiger partial charge in [0.25, 0.3) is 23.6 Å². The molecule has 4 amide bonds. The van der Waals surface area contributed by atoms with E-state index in [1.165, 1.54) is 36.7 Å². The number of pyridine rings is 2. The fourth-order valence-corrected chi connectivity index (χ4v) is 5.96. The van der Waals surface area contributed by atoms with Gasteiger partial charge in [0.05, 0.1) is 53.4 Å². The van der Waals surface area contributed by atoms with Crippen LogP contribution >= 0.6 is 15.9 Å². The van der Waals surface area contributed by atoms with E-state index in [0.717, 1.165) is 34.6 Å². The summed E-state index contributed by atoms with van der Waals surface area (Å²) in [4.78, 5) is 72.8.